The summed E-state index contributed by atoms with van der Waals surface area (Å²) in [6.45, 7) is 6.25. The molecule has 1 heterocycles. The fourth-order valence-corrected chi connectivity index (χ4v) is 2.56. The molecule has 0 aliphatic rings. The standard InChI is InChI=1S/C18H20N5/c1-14-8-10-15(11-9-14)16-6-5-7-17(21(2)3)18(16)22(4)23-13-19-12-20-23/h5-13H,4H2,1-3H3/q+1. The first-order chi connectivity index (χ1) is 11.1. The molecule has 0 atom stereocenters. The van der Waals surface area contributed by atoms with Gasteiger partial charge in [0.15, 0.2) is 12.0 Å². The van der Waals surface area contributed by atoms with Crippen LogP contribution in [-0.2, 0) is 0 Å². The highest BCUT2D eigenvalue weighted by Crippen LogP contribution is 2.36. The first kappa shape index (κ1) is 15.0. The van der Waals surface area contributed by atoms with Crippen LogP contribution in [0.25, 0.3) is 11.1 Å². The molecule has 0 amide bonds. The Bertz CT molecular complexity index is 817. The first-order valence-electron chi connectivity index (χ1n) is 7.41. The van der Waals surface area contributed by atoms with E-state index in [0.29, 0.717) is 0 Å². The van der Waals surface area contributed by atoms with Crippen molar-refractivity contribution < 1.29 is 0 Å². The Morgan fingerprint density at radius 2 is 1.83 bits per heavy atom. The fraction of sp³-hybridized carbons (Fsp3) is 0.167. The highest BCUT2D eigenvalue weighted by molar-refractivity contribution is 5.86. The molecule has 1 aromatic heterocycles. The Labute approximate surface area is 136 Å². The molecule has 0 aliphatic heterocycles. The van der Waals surface area contributed by atoms with Crippen molar-refractivity contribution in [3.05, 3.63) is 60.7 Å². The molecule has 0 saturated heterocycles. The second kappa shape index (κ2) is 6.04. The molecule has 3 rings (SSSR count). The zero-order valence-corrected chi connectivity index (χ0v) is 13.6. The minimum Gasteiger partial charge on any atom is -0.374 e. The SMILES string of the molecule is C=[N+](c1c(-c2ccc(C)cc2)cccc1N(C)C)n1cncn1. The smallest absolute Gasteiger partial charge is 0.257 e. The Morgan fingerprint density at radius 1 is 1.09 bits per heavy atom. The van der Waals surface area contributed by atoms with Crippen molar-refractivity contribution in [2.24, 2.45) is 0 Å². The quantitative estimate of drug-likeness (QED) is 0.549. The van der Waals surface area contributed by atoms with Crippen molar-refractivity contribution in [2.75, 3.05) is 19.0 Å². The van der Waals surface area contributed by atoms with Crippen LogP contribution in [0.2, 0.25) is 0 Å². The molecule has 23 heavy (non-hydrogen) atoms. The average Bonchev–Trinajstić information content (AvgIpc) is 3.08. The van der Waals surface area contributed by atoms with Crippen LogP contribution in [0.1, 0.15) is 5.56 Å². The van der Waals surface area contributed by atoms with Crippen LogP contribution in [0.15, 0.2) is 55.1 Å². The summed E-state index contributed by atoms with van der Waals surface area (Å²) in [5, 5.41) is 4.19. The van der Waals surface area contributed by atoms with Gasteiger partial charge in [-0.15, -0.1) is 4.68 Å². The van der Waals surface area contributed by atoms with E-state index in [0.717, 1.165) is 22.5 Å². The lowest BCUT2D eigenvalue weighted by Gasteiger charge is -2.19. The van der Waals surface area contributed by atoms with Gasteiger partial charge in [-0.2, -0.15) is 4.98 Å². The first-order valence-corrected chi connectivity index (χ1v) is 7.41. The van der Waals surface area contributed by atoms with Crippen molar-refractivity contribution in [2.45, 2.75) is 6.92 Å². The van der Waals surface area contributed by atoms with Gasteiger partial charge in [0.1, 0.15) is 0 Å². The molecule has 0 radical (unpaired) electrons. The van der Waals surface area contributed by atoms with E-state index in [1.54, 1.807) is 15.8 Å². The largest absolute Gasteiger partial charge is 0.374 e. The maximum absolute atomic E-state index is 4.19. The summed E-state index contributed by atoms with van der Waals surface area (Å²) in [6.07, 6.45) is 3.14. The number of hydrogen-bond donors (Lipinski definition) is 0. The third kappa shape index (κ3) is 2.85. The van der Waals surface area contributed by atoms with Crippen LogP contribution in [0.3, 0.4) is 0 Å². The third-order valence-corrected chi connectivity index (χ3v) is 3.77. The molecule has 0 fully saturated rings. The number of aryl methyl sites for hydroxylation is 1. The Balaban J connectivity index is 2.22. The summed E-state index contributed by atoms with van der Waals surface area (Å²) >= 11 is 0. The Morgan fingerprint density at radius 3 is 2.43 bits per heavy atom. The molecule has 2 aromatic carbocycles. The van der Waals surface area contributed by atoms with Crippen LogP contribution in [0.5, 0.6) is 0 Å². The van der Waals surface area contributed by atoms with Gasteiger partial charge in [0, 0.05) is 24.4 Å². The molecular weight excluding hydrogens is 286 g/mol. The van der Waals surface area contributed by atoms with Gasteiger partial charge in [0.25, 0.3) is 6.33 Å². The van der Waals surface area contributed by atoms with Crippen molar-refractivity contribution in [3.8, 4) is 11.1 Å². The molecule has 0 saturated carbocycles. The molecule has 116 valence electrons. The maximum Gasteiger partial charge on any atom is 0.257 e. The fourth-order valence-electron chi connectivity index (χ4n) is 2.56. The van der Waals surface area contributed by atoms with E-state index < -0.39 is 0 Å². The number of rotatable bonds is 4. The summed E-state index contributed by atoms with van der Waals surface area (Å²) in [5.74, 6) is 0. The molecule has 5 heteroatoms. The van der Waals surface area contributed by atoms with Crippen LogP contribution < -0.4 is 9.58 Å². The van der Waals surface area contributed by atoms with Crippen molar-refractivity contribution in [1.29, 1.82) is 0 Å². The van der Waals surface area contributed by atoms with Gasteiger partial charge in [0.05, 0.1) is 17.5 Å². The zero-order chi connectivity index (χ0) is 16.4. The zero-order valence-electron chi connectivity index (χ0n) is 13.6. The lowest BCUT2D eigenvalue weighted by Crippen LogP contribution is -2.21. The minimum atomic E-state index is 0.979. The van der Waals surface area contributed by atoms with Crippen LogP contribution >= 0.6 is 0 Å². The second-order valence-electron chi connectivity index (χ2n) is 5.65. The van der Waals surface area contributed by atoms with Crippen LogP contribution in [-0.4, -0.2) is 35.7 Å². The van der Waals surface area contributed by atoms with E-state index in [4.69, 9.17) is 0 Å². The highest BCUT2D eigenvalue weighted by atomic mass is 15.6. The van der Waals surface area contributed by atoms with Gasteiger partial charge in [0.2, 0.25) is 0 Å². The molecule has 0 spiro atoms. The molecule has 0 bridgehead atoms. The van der Waals surface area contributed by atoms with E-state index >= 15 is 0 Å². The van der Waals surface area contributed by atoms with Gasteiger partial charge in [-0.05, 0) is 24.6 Å². The number of para-hydroxylation sites is 1. The van der Waals surface area contributed by atoms with Gasteiger partial charge in [-0.3, -0.25) is 0 Å². The monoisotopic (exact) mass is 306 g/mol. The highest BCUT2D eigenvalue weighted by Gasteiger charge is 2.20. The van der Waals surface area contributed by atoms with E-state index in [-0.39, 0.29) is 0 Å². The normalized spacial score (nSPS) is 10.6. The number of aromatic nitrogens is 3. The third-order valence-electron chi connectivity index (χ3n) is 3.77. The summed E-state index contributed by atoms with van der Waals surface area (Å²) in [7, 11) is 4.04. The van der Waals surface area contributed by atoms with Gasteiger partial charge < -0.3 is 4.90 Å². The molecular formula is C18H20N5+. The molecule has 0 aliphatic carbocycles. The van der Waals surface area contributed by atoms with E-state index in [2.05, 4.69) is 71.1 Å². The lowest BCUT2D eigenvalue weighted by molar-refractivity contribution is 0.574. The predicted molar refractivity (Wildman–Crippen MR) is 95.3 cm³/mol. The van der Waals surface area contributed by atoms with Gasteiger partial charge in [-0.25, -0.2) is 0 Å². The predicted octanol–water partition coefficient (Wildman–Crippen LogP) is 2.99. The lowest BCUT2D eigenvalue weighted by atomic mass is 10.0. The number of anilines is 1. The minimum absolute atomic E-state index is 0.979. The van der Waals surface area contributed by atoms with E-state index in [9.17, 15) is 0 Å². The summed E-state index contributed by atoms with van der Waals surface area (Å²) in [6, 6.07) is 14.7. The number of benzene rings is 2. The summed E-state index contributed by atoms with van der Waals surface area (Å²) in [5.41, 5.74) is 5.52. The second-order valence-corrected chi connectivity index (χ2v) is 5.65. The number of nitrogens with zero attached hydrogens (tertiary/aromatic N) is 5. The van der Waals surface area contributed by atoms with Crippen molar-refractivity contribution >= 4 is 18.1 Å². The van der Waals surface area contributed by atoms with Crippen LogP contribution in [0.4, 0.5) is 11.4 Å². The van der Waals surface area contributed by atoms with Crippen molar-refractivity contribution in [1.82, 2.24) is 19.6 Å². The molecule has 0 unspecified atom stereocenters. The van der Waals surface area contributed by atoms with E-state index in [1.165, 1.54) is 11.9 Å². The molecule has 3 aromatic rings. The van der Waals surface area contributed by atoms with Gasteiger partial charge in [-0.1, -0.05) is 35.9 Å². The molecule has 0 N–H and O–H groups in total. The summed E-state index contributed by atoms with van der Waals surface area (Å²) < 4.78 is 1.76. The Hall–Kier alpha value is -2.95. The average molecular weight is 306 g/mol. The topological polar surface area (TPSA) is 37.0 Å². The van der Waals surface area contributed by atoms with Crippen molar-refractivity contribution in [3.63, 3.8) is 0 Å². The maximum atomic E-state index is 4.19. The van der Waals surface area contributed by atoms with Crippen LogP contribution in [0, 0.1) is 6.92 Å². The summed E-state index contributed by atoms with van der Waals surface area (Å²) in [4.78, 5) is 7.71. The Kier molecular flexibility index (Phi) is 3.93. The molecule has 5 nitrogen and oxygen atoms in total. The number of hydrogen-bond acceptors (Lipinski definition) is 3. The van der Waals surface area contributed by atoms with Gasteiger partial charge >= 0.3 is 0 Å². The van der Waals surface area contributed by atoms with E-state index in [1.807, 2.05) is 14.1 Å².